The van der Waals surface area contributed by atoms with Crippen LogP contribution >= 0.6 is 24.0 Å². The SMILES string of the molecule is CC1CN(C(N)=NCc2nccn2CC(F)(F)F)CCO1.I. The van der Waals surface area contributed by atoms with Gasteiger partial charge in [-0.25, -0.2) is 9.98 Å². The molecule has 0 saturated carbocycles. The molecule has 10 heteroatoms. The van der Waals surface area contributed by atoms with Crippen molar-refractivity contribution in [2.45, 2.75) is 32.3 Å². The van der Waals surface area contributed by atoms with Gasteiger partial charge in [-0.05, 0) is 6.92 Å². The second kappa shape index (κ2) is 7.99. The third-order valence-corrected chi connectivity index (χ3v) is 3.10. The topological polar surface area (TPSA) is 68.7 Å². The first-order valence-electron chi connectivity index (χ1n) is 6.58. The maximum absolute atomic E-state index is 12.4. The van der Waals surface area contributed by atoms with Crippen molar-refractivity contribution in [2.24, 2.45) is 10.7 Å². The molecule has 0 bridgehead atoms. The monoisotopic (exact) mass is 433 g/mol. The average molecular weight is 433 g/mol. The van der Waals surface area contributed by atoms with Gasteiger partial charge in [-0.3, -0.25) is 0 Å². The minimum atomic E-state index is -4.29. The number of hydrogen-bond acceptors (Lipinski definition) is 3. The van der Waals surface area contributed by atoms with Gasteiger partial charge in [0.1, 0.15) is 18.9 Å². The highest BCUT2D eigenvalue weighted by atomic mass is 127. The van der Waals surface area contributed by atoms with Gasteiger partial charge in [0, 0.05) is 25.5 Å². The Morgan fingerprint density at radius 3 is 2.91 bits per heavy atom. The van der Waals surface area contributed by atoms with Gasteiger partial charge >= 0.3 is 6.18 Å². The number of aliphatic imine (C=N–C) groups is 1. The molecule has 6 nitrogen and oxygen atoms in total. The van der Waals surface area contributed by atoms with Crippen molar-refractivity contribution >= 4 is 29.9 Å². The number of aromatic nitrogens is 2. The van der Waals surface area contributed by atoms with E-state index < -0.39 is 12.7 Å². The number of rotatable bonds is 3. The average Bonchev–Trinajstić information content (AvgIpc) is 2.81. The maximum Gasteiger partial charge on any atom is 0.406 e. The minimum absolute atomic E-state index is 0. The summed E-state index contributed by atoms with van der Waals surface area (Å²) in [6.07, 6.45) is -1.63. The highest BCUT2D eigenvalue weighted by Crippen LogP contribution is 2.18. The van der Waals surface area contributed by atoms with Crippen LogP contribution in [-0.2, 0) is 17.8 Å². The first kappa shape index (κ1) is 19.0. The van der Waals surface area contributed by atoms with Crippen LogP contribution in [0.5, 0.6) is 0 Å². The van der Waals surface area contributed by atoms with E-state index in [4.69, 9.17) is 10.5 Å². The van der Waals surface area contributed by atoms with E-state index in [0.29, 0.717) is 25.7 Å². The van der Waals surface area contributed by atoms with E-state index in [0.717, 1.165) is 4.57 Å². The first-order valence-corrected chi connectivity index (χ1v) is 6.58. The fourth-order valence-corrected chi connectivity index (χ4v) is 2.11. The molecule has 1 atom stereocenters. The summed E-state index contributed by atoms with van der Waals surface area (Å²) in [7, 11) is 0. The number of nitrogens with zero attached hydrogens (tertiary/aromatic N) is 4. The minimum Gasteiger partial charge on any atom is -0.375 e. The smallest absolute Gasteiger partial charge is 0.375 e. The molecule has 1 aliphatic heterocycles. The first-order chi connectivity index (χ1) is 9.85. The Labute approximate surface area is 143 Å². The molecular weight excluding hydrogens is 414 g/mol. The zero-order valence-corrected chi connectivity index (χ0v) is 14.4. The van der Waals surface area contributed by atoms with Crippen molar-refractivity contribution < 1.29 is 17.9 Å². The quantitative estimate of drug-likeness (QED) is 0.447. The van der Waals surface area contributed by atoms with Crippen LogP contribution in [-0.4, -0.2) is 52.4 Å². The molecule has 1 unspecified atom stereocenters. The Bertz CT molecular complexity index is 505. The molecule has 0 amide bonds. The predicted molar refractivity (Wildman–Crippen MR) is 86.0 cm³/mol. The van der Waals surface area contributed by atoms with Crippen LogP contribution in [0.3, 0.4) is 0 Å². The molecule has 2 heterocycles. The number of halogens is 4. The lowest BCUT2D eigenvalue weighted by atomic mass is 10.3. The van der Waals surface area contributed by atoms with Crippen molar-refractivity contribution in [1.82, 2.24) is 14.5 Å². The number of guanidine groups is 1. The van der Waals surface area contributed by atoms with Crippen LogP contribution in [0.1, 0.15) is 12.7 Å². The van der Waals surface area contributed by atoms with E-state index in [1.54, 1.807) is 0 Å². The van der Waals surface area contributed by atoms with Gasteiger partial charge in [-0.2, -0.15) is 13.2 Å². The van der Waals surface area contributed by atoms with Gasteiger partial charge in [-0.1, -0.05) is 0 Å². The normalized spacial score (nSPS) is 19.9. The summed E-state index contributed by atoms with van der Waals surface area (Å²) in [5, 5.41) is 0. The van der Waals surface area contributed by atoms with Crippen molar-refractivity contribution in [2.75, 3.05) is 19.7 Å². The second-order valence-electron chi connectivity index (χ2n) is 4.89. The highest BCUT2D eigenvalue weighted by molar-refractivity contribution is 14.0. The summed E-state index contributed by atoms with van der Waals surface area (Å²) >= 11 is 0. The van der Waals surface area contributed by atoms with Gasteiger partial charge in [-0.15, -0.1) is 24.0 Å². The van der Waals surface area contributed by atoms with E-state index >= 15 is 0 Å². The van der Waals surface area contributed by atoms with Crippen LogP contribution in [0.4, 0.5) is 13.2 Å². The van der Waals surface area contributed by atoms with E-state index in [1.807, 2.05) is 11.8 Å². The summed E-state index contributed by atoms with van der Waals surface area (Å²) in [6, 6.07) is 0. The molecule has 0 spiro atoms. The summed E-state index contributed by atoms with van der Waals surface area (Å²) in [6.45, 7) is 2.66. The van der Waals surface area contributed by atoms with E-state index in [9.17, 15) is 13.2 Å². The molecule has 1 aliphatic rings. The molecule has 1 fully saturated rings. The van der Waals surface area contributed by atoms with Gasteiger partial charge < -0.3 is 19.9 Å². The van der Waals surface area contributed by atoms with E-state index in [2.05, 4.69) is 9.98 Å². The standard InChI is InChI=1S/C12H18F3N5O.HI/c1-9-7-19(4-5-21-9)11(16)18-6-10-17-2-3-20(10)8-12(13,14)15;/h2-3,9H,4-8H2,1H3,(H2,16,18);1H. The van der Waals surface area contributed by atoms with E-state index in [-0.39, 0.29) is 42.4 Å². The molecule has 0 aliphatic carbocycles. The molecule has 126 valence electrons. The fraction of sp³-hybridized carbons (Fsp3) is 0.667. The van der Waals surface area contributed by atoms with Gasteiger partial charge in [0.05, 0.1) is 12.7 Å². The summed E-state index contributed by atoms with van der Waals surface area (Å²) < 4.78 is 43.6. The fourth-order valence-electron chi connectivity index (χ4n) is 2.11. The van der Waals surface area contributed by atoms with Gasteiger partial charge in [0.2, 0.25) is 0 Å². The molecule has 1 aromatic heterocycles. The van der Waals surface area contributed by atoms with E-state index in [1.165, 1.54) is 12.4 Å². The van der Waals surface area contributed by atoms with Crippen LogP contribution in [0.15, 0.2) is 17.4 Å². The summed E-state index contributed by atoms with van der Waals surface area (Å²) in [5.74, 6) is 0.531. The molecule has 22 heavy (non-hydrogen) atoms. The largest absolute Gasteiger partial charge is 0.406 e. The lowest BCUT2D eigenvalue weighted by Crippen LogP contribution is -2.47. The Morgan fingerprint density at radius 1 is 1.55 bits per heavy atom. The zero-order valence-electron chi connectivity index (χ0n) is 12.1. The molecule has 2 rings (SSSR count). The third-order valence-electron chi connectivity index (χ3n) is 3.10. The van der Waals surface area contributed by atoms with Crippen LogP contribution in [0, 0.1) is 0 Å². The number of imidazole rings is 1. The van der Waals surface area contributed by atoms with Crippen LogP contribution in [0.25, 0.3) is 0 Å². The molecule has 1 saturated heterocycles. The molecule has 0 aromatic carbocycles. The number of alkyl halides is 3. The van der Waals surface area contributed by atoms with Crippen molar-refractivity contribution in [3.63, 3.8) is 0 Å². The zero-order chi connectivity index (χ0) is 15.5. The lowest BCUT2D eigenvalue weighted by Gasteiger charge is -2.31. The Morgan fingerprint density at radius 2 is 2.27 bits per heavy atom. The lowest BCUT2D eigenvalue weighted by molar-refractivity contribution is -0.141. The molecule has 2 N–H and O–H groups in total. The number of ether oxygens (including phenoxy) is 1. The number of nitrogens with two attached hydrogens (primary N) is 1. The van der Waals surface area contributed by atoms with Crippen LogP contribution in [0.2, 0.25) is 0 Å². The predicted octanol–water partition coefficient (Wildman–Crippen LogP) is 1.60. The van der Waals surface area contributed by atoms with Crippen LogP contribution < -0.4 is 5.73 Å². The Hall–Kier alpha value is -1.04. The van der Waals surface area contributed by atoms with Crippen molar-refractivity contribution in [3.8, 4) is 0 Å². The maximum atomic E-state index is 12.4. The number of hydrogen-bond donors (Lipinski definition) is 1. The molecular formula is C12H19F3IN5O. The Balaban J connectivity index is 0.00000242. The van der Waals surface area contributed by atoms with Gasteiger partial charge in [0.15, 0.2) is 5.96 Å². The molecule has 0 radical (unpaired) electrons. The summed E-state index contributed by atoms with van der Waals surface area (Å²) in [5.41, 5.74) is 5.87. The molecule has 1 aromatic rings. The summed E-state index contributed by atoms with van der Waals surface area (Å²) in [4.78, 5) is 9.87. The van der Waals surface area contributed by atoms with Gasteiger partial charge in [0.25, 0.3) is 0 Å². The highest BCUT2D eigenvalue weighted by Gasteiger charge is 2.28. The third kappa shape index (κ3) is 5.63. The Kier molecular flexibility index (Phi) is 6.91. The van der Waals surface area contributed by atoms with Crippen molar-refractivity contribution in [1.29, 1.82) is 0 Å². The van der Waals surface area contributed by atoms with Crippen molar-refractivity contribution in [3.05, 3.63) is 18.2 Å². The number of morpholine rings is 1. The second-order valence-corrected chi connectivity index (χ2v) is 4.89.